The Morgan fingerprint density at radius 1 is 1.14 bits per heavy atom. The fraction of sp³-hybridized carbons (Fsp3) is 0.240. The van der Waals surface area contributed by atoms with E-state index in [2.05, 4.69) is 10.3 Å². The first-order valence-electron chi connectivity index (χ1n) is 11.3. The minimum Gasteiger partial charge on any atom is -0.422 e. The van der Waals surface area contributed by atoms with E-state index in [4.69, 9.17) is 4.42 Å². The Kier molecular flexibility index (Phi) is 6.98. The third-order valence-corrected chi connectivity index (χ3v) is 9.59. The van der Waals surface area contributed by atoms with Gasteiger partial charge < -0.3 is 9.73 Å². The lowest BCUT2D eigenvalue weighted by Crippen LogP contribution is -2.41. The van der Waals surface area contributed by atoms with Crippen molar-refractivity contribution in [3.63, 3.8) is 0 Å². The Hall–Kier alpha value is -2.99. The van der Waals surface area contributed by atoms with Crippen LogP contribution < -0.4 is 10.9 Å². The molecule has 4 aromatic rings. The maximum absolute atomic E-state index is 13.0. The number of amides is 1. The standard InChI is InChI=1S/C25H23N3O5S3/c1-34-18-6-8-19(9-7-18)36(31,32)28-12-10-16(11-13-28)23(29)27-25-26-21(15-35-25)20-14-17-4-2-3-5-22(17)33-24(20)30/h2-9,14-16H,10-13H2,1H3,(H,26,27,29). The number of nitrogens with zero attached hydrogens (tertiary/aromatic N) is 2. The Morgan fingerprint density at radius 3 is 2.58 bits per heavy atom. The number of piperidine rings is 1. The number of carbonyl (C=O) groups excluding carboxylic acids is 1. The highest BCUT2D eigenvalue weighted by Gasteiger charge is 2.32. The van der Waals surface area contributed by atoms with Crippen LogP contribution >= 0.6 is 23.1 Å². The first kappa shape index (κ1) is 24.7. The van der Waals surface area contributed by atoms with Crippen LogP contribution in [0, 0.1) is 5.92 Å². The molecule has 0 unspecified atom stereocenters. The SMILES string of the molecule is CSc1ccc(S(=O)(=O)N2CCC(C(=O)Nc3nc(-c4cc5ccccc5oc4=O)cs3)CC2)cc1. The number of para-hydroxylation sites is 1. The number of thiazole rings is 1. The molecule has 186 valence electrons. The van der Waals surface area contributed by atoms with E-state index in [1.807, 2.05) is 18.4 Å². The summed E-state index contributed by atoms with van der Waals surface area (Å²) in [5, 5.41) is 5.69. The van der Waals surface area contributed by atoms with Crippen LogP contribution in [0.15, 0.2) is 79.0 Å². The molecule has 11 heteroatoms. The van der Waals surface area contributed by atoms with Gasteiger partial charge in [-0.05, 0) is 55.5 Å². The minimum absolute atomic E-state index is 0.206. The summed E-state index contributed by atoms with van der Waals surface area (Å²) in [6.07, 6.45) is 2.77. The molecular weight excluding hydrogens is 518 g/mol. The zero-order chi connectivity index (χ0) is 25.3. The summed E-state index contributed by atoms with van der Waals surface area (Å²) in [5.74, 6) is -0.531. The molecule has 2 aromatic heterocycles. The maximum Gasteiger partial charge on any atom is 0.345 e. The molecule has 36 heavy (non-hydrogen) atoms. The van der Waals surface area contributed by atoms with Crippen LogP contribution in [0.5, 0.6) is 0 Å². The van der Waals surface area contributed by atoms with Gasteiger partial charge in [-0.25, -0.2) is 18.2 Å². The molecule has 1 amide bonds. The smallest absolute Gasteiger partial charge is 0.345 e. The number of thioether (sulfide) groups is 1. The quantitative estimate of drug-likeness (QED) is 0.279. The van der Waals surface area contributed by atoms with Crippen molar-refractivity contribution < 1.29 is 17.6 Å². The molecule has 0 aliphatic carbocycles. The second-order valence-electron chi connectivity index (χ2n) is 8.37. The molecule has 1 aliphatic rings. The molecule has 8 nitrogen and oxygen atoms in total. The lowest BCUT2D eigenvalue weighted by molar-refractivity contribution is -0.120. The average Bonchev–Trinajstić information content (AvgIpc) is 3.36. The van der Waals surface area contributed by atoms with Crippen molar-refractivity contribution >= 4 is 55.1 Å². The number of anilines is 1. The van der Waals surface area contributed by atoms with Crippen LogP contribution in [0.4, 0.5) is 5.13 Å². The summed E-state index contributed by atoms with van der Waals surface area (Å²) in [6, 6.07) is 15.8. The summed E-state index contributed by atoms with van der Waals surface area (Å²) in [7, 11) is -3.60. The summed E-state index contributed by atoms with van der Waals surface area (Å²) < 4.78 is 32.8. The molecular formula is C25H23N3O5S3. The van der Waals surface area contributed by atoms with Gasteiger partial charge in [0.25, 0.3) is 0 Å². The third-order valence-electron chi connectivity index (χ3n) is 6.17. The van der Waals surface area contributed by atoms with Gasteiger partial charge in [-0.1, -0.05) is 18.2 Å². The number of fused-ring (bicyclic) bond motifs is 1. The monoisotopic (exact) mass is 541 g/mol. The average molecular weight is 542 g/mol. The van der Waals surface area contributed by atoms with Crippen molar-refractivity contribution in [2.45, 2.75) is 22.6 Å². The Labute approximate surface area is 216 Å². The fourth-order valence-corrected chi connectivity index (χ4v) is 6.75. The van der Waals surface area contributed by atoms with E-state index < -0.39 is 15.6 Å². The normalized spacial score (nSPS) is 15.2. The van der Waals surface area contributed by atoms with Crippen LogP contribution in [-0.2, 0) is 14.8 Å². The Morgan fingerprint density at radius 2 is 1.86 bits per heavy atom. The van der Waals surface area contributed by atoms with Crippen molar-refractivity contribution in [2.75, 3.05) is 24.7 Å². The number of sulfonamides is 1. The van der Waals surface area contributed by atoms with Gasteiger partial charge in [0.15, 0.2) is 5.13 Å². The van der Waals surface area contributed by atoms with Crippen molar-refractivity contribution in [1.82, 2.24) is 9.29 Å². The maximum atomic E-state index is 13.0. The third kappa shape index (κ3) is 4.96. The van der Waals surface area contributed by atoms with Gasteiger partial charge in [0.2, 0.25) is 15.9 Å². The second-order valence-corrected chi connectivity index (χ2v) is 12.0. The van der Waals surface area contributed by atoms with Gasteiger partial charge in [-0.2, -0.15) is 4.31 Å². The molecule has 1 fully saturated rings. The van der Waals surface area contributed by atoms with Crippen molar-refractivity contribution in [3.05, 3.63) is 70.4 Å². The van der Waals surface area contributed by atoms with E-state index in [0.29, 0.717) is 34.8 Å². The van der Waals surface area contributed by atoms with Crippen molar-refractivity contribution in [2.24, 2.45) is 5.92 Å². The molecule has 1 saturated heterocycles. The summed E-state index contributed by atoms with van der Waals surface area (Å²) in [5.41, 5.74) is 0.770. The van der Waals surface area contributed by atoms with Gasteiger partial charge in [0.05, 0.1) is 16.2 Å². The molecule has 0 bridgehead atoms. The molecule has 0 radical (unpaired) electrons. The van der Waals surface area contributed by atoms with Gasteiger partial charge in [0, 0.05) is 34.7 Å². The number of carbonyl (C=O) groups is 1. The summed E-state index contributed by atoms with van der Waals surface area (Å²) in [4.78, 5) is 30.9. The van der Waals surface area contributed by atoms with Crippen LogP contribution in [0.1, 0.15) is 12.8 Å². The molecule has 0 spiro atoms. The number of aromatic nitrogens is 1. The minimum atomic E-state index is -3.60. The Balaban J connectivity index is 1.23. The number of nitrogens with one attached hydrogen (secondary N) is 1. The molecule has 3 heterocycles. The van der Waals surface area contributed by atoms with Crippen LogP contribution in [0.25, 0.3) is 22.2 Å². The van der Waals surface area contributed by atoms with E-state index in [9.17, 15) is 18.0 Å². The molecule has 1 aliphatic heterocycles. The Bertz CT molecular complexity index is 1570. The lowest BCUT2D eigenvalue weighted by atomic mass is 9.97. The van der Waals surface area contributed by atoms with E-state index in [0.717, 1.165) is 10.3 Å². The summed E-state index contributed by atoms with van der Waals surface area (Å²) in [6.45, 7) is 0.540. The van der Waals surface area contributed by atoms with E-state index in [1.165, 1.54) is 15.6 Å². The zero-order valence-corrected chi connectivity index (χ0v) is 21.8. The highest BCUT2D eigenvalue weighted by atomic mass is 32.2. The van der Waals surface area contributed by atoms with E-state index >= 15 is 0 Å². The fourth-order valence-electron chi connectivity index (χ4n) is 4.16. The van der Waals surface area contributed by atoms with Crippen molar-refractivity contribution in [1.29, 1.82) is 0 Å². The van der Waals surface area contributed by atoms with Crippen LogP contribution in [0.3, 0.4) is 0 Å². The van der Waals surface area contributed by atoms with Gasteiger partial charge in [-0.15, -0.1) is 23.1 Å². The highest BCUT2D eigenvalue weighted by molar-refractivity contribution is 7.98. The van der Waals surface area contributed by atoms with Crippen LogP contribution in [0.2, 0.25) is 0 Å². The highest BCUT2D eigenvalue weighted by Crippen LogP contribution is 2.28. The number of benzene rings is 2. The van der Waals surface area contributed by atoms with Crippen molar-refractivity contribution in [3.8, 4) is 11.3 Å². The molecule has 2 aromatic carbocycles. The summed E-state index contributed by atoms with van der Waals surface area (Å²) >= 11 is 2.78. The topological polar surface area (TPSA) is 110 Å². The van der Waals surface area contributed by atoms with Gasteiger partial charge >= 0.3 is 5.63 Å². The first-order valence-corrected chi connectivity index (χ1v) is 14.8. The molecule has 5 rings (SSSR count). The zero-order valence-electron chi connectivity index (χ0n) is 19.3. The number of hydrogen-bond acceptors (Lipinski definition) is 8. The predicted octanol–water partition coefficient (Wildman–Crippen LogP) is 4.68. The van der Waals surface area contributed by atoms with Crippen LogP contribution in [-0.4, -0.2) is 43.0 Å². The molecule has 0 atom stereocenters. The largest absolute Gasteiger partial charge is 0.422 e. The molecule has 1 N–H and O–H groups in total. The van der Waals surface area contributed by atoms with E-state index in [1.54, 1.807) is 59.6 Å². The van der Waals surface area contributed by atoms with Gasteiger partial charge in [0.1, 0.15) is 5.58 Å². The lowest BCUT2D eigenvalue weighted by Gasteiger charge is -2.30. The van der Waals surface area contributed by atoms with Gasteiger partial charge in [-0.3, -0.25) is 4.79 Å². The second kappa shape index (κ2) is 10.2. The number of rotatable bonds is 6. The first-order chi connectivity index (χ1) is 17.3. The molecule has 0 saturated carbocycles. The number of hydrogen-bond donors (Lipinski definition) is 1. The van der Waals surface area contributed by atoms with E-state index in [-0.39, 0.29) is 29.8 Å². The predicted molar refractivity (Wildman–Crippen MR) is 142 cm³/mol.